The highest BCUT2D eigenvalue weighted by atomic mass is 16.6. The second-order valence-electron chi connectivity index (χ2n) is 6.84. The Balaban J connectivity index is 1.84. The summed E-state index contributed by atoms with van der Waals surface area (Å²) < 4.78 is 9.13. The Bertz CT molecular complexity index is 698. The van der Waals surface area contributed by atoms with Crippen LogP contribution in [0.15, 0.2) is 18.5 Å². The van der Waals surface area contributed by atoms with Crippen LogP contribution in [0.25, 0.3) is 0 Å². The van der Waals surface area contributed by atoms with Crippen LogP contribution >= 0.6 is 0 Å². The van der Waals surface area contributed by atoms with Gasteiger partial charge in [-0.3, -0.25) is 0 Å². The molecular formula is C17H28N6O2. The van der Waals surface area contributed by atoms with Gasteiger partial charge >= 0.3 is 6.09 Å². The average Bonchev–Trinajstić information content (AvgIpc) is 3.08. The predicted octanol–water partition coefficient (Wildman–Crippen LogP) is 3.07. The van der Waals surface area contributed by atoms with Gasteiger partial charge in [0.05, 0.1) is 5.69 Å². The van der Waals surface area contributed by atoms with Crippen LogP contribution in [0.5, 0.6) is 0 Å². The number of imidazole rings is 1. The number of aromatic nitrogens is 4. The normalized spacial score (nSPS) is 11.4. The molecule has 0 unspecified atom stereocenters. The minimum Gasteiger partial charge on any atom is -0.444 e. The number of alkyl carbamates (subject to hydrolysis) is 1. The minimum absolute atomic E-state index is 0.390. The number of amides is 1. The van der Waals surface area contributed by atoms with Crippen molar-refractivity contribution >= 4 is 17.9 Å². The van der Waals surface area contributed by atoms with Crippen LogP contribution in [0.1, 0.15) is 39.8 Å². The third kappa shape index (κ3) is 5.81. The lowest BCUT2D eigenvalue weighted by Crippen LogP contribution is -2.33. The van der Waals surface area contributed by atoms with Gasteiger partial charge in [0.1, 0.15) is 11.4 Å². The maximum absolute atomic E-state index is 11.6. The number of aryl methyl sites for hydroxylation is 3. The third-order valence-electron chi connectivity index (χ3n) is 3.40. The Hall–Kier alpha value is -2.51. The minimum atomic E-state index is -0.480. The zero-order valence-electron chi connectivity index (χ0n) is 15.7. The molecule has 0 aliphatic rings. The van der Waals surface area contributed by atoms with Crippen molar-refractivity contribution in [3.8, 4) is 0 Å². The van der Waals surface area contributed by atoms with Gasteiger partial charge in [0.15, 0.2) is 0 Å². The first-order valence-corrected chi connectivity index (χ1v) is 8.58. The summed E-state index contributed by atoms with van der Waals surface area (Å²) in [6.07, 6.45) is 4.05. The number of rotatable bonds is 7. The van der Waals surface area contributed by atoms with E-state index in [1.165, 1.54) is 0 Å². The fourth-order valence-corrected chi connectivity index (χ4v) is 2.37. The van der Waals surface area contributed by atoms with Crippen molar-refractivity contribution in [2.24, 2.45) is 0 Å². The Labute approximate surface area is 148 Å². The van der Waals surface area contributed by atoms with Crippen LogP contribution in [-0.2, 0) is 17.8 Å². The molecule has 2 heterocycles. The predicted molar refractivity (Wildman–Crippen MR) is 97.0 cm³/mol. The lowest BCUT2D eigenvalue weighted by atomic mass is 10.2. The molecule has 8 heteroatoms. The average molecular weight is 348 g/mol. The molecule has 0 saturated heterocycles. The number of hydrogen-bond donors (Lipinski definition) is 2. The van der Waals surface area contributed by atoms with Gasteiger partial charge in [0.25, 0.3) is 0 Å². The van der Waals surface area contributed by atoms with Crippen LogP contribution in [0, 0.1) is 6.92 Å². The van der Waals surface area contributed by atoms with E-state index in [1.807, 2.05) is 56.1 Å². The van der Waals surface area contributed by atoms with Gasteiger partial charge in [0, 0.05) is 38.1 Å². The monoisotopic (exact) mass is 348 g/mol. The maximum Gasteiger partial charge on any atom is 0.407 e. The van der Waals surface area contributed by atoms with Crippen molar-refractivity contribution in [1.82, 2.24) is 24.6 Å². The first-order valence-electron chi connectivity index (χ1n) is 8.58. The fourth-order valence-electron chi connectivity index (χ4n) is 2.37. The van der Waals surface area contributed by atoms with Crippen LogP contribution in [0.2, 0.25) is 0 Å². The molecule has 0 atom stereocenters. The molecule has 25 heavy (non-hydrogen) atoms. The molecular weight excluding hydrogens is 320 g/mol. The van der Waals surface area contributed by atoms with Gasteiger partial charge in [-0.05, 0) is 41.0 Å². The highest BCUT2D eigenvalue weighted by Crippen LogP contribution is 2.16. The van der Waals surface area contributed by atoms with Crippen molar-refractivity contribution in [3.63, 3.8) is 0 Å². The molecule has 0 saturated carbocycles. The highest BCUT2D eigenvalue weighted by Gasteiger charge is 2.15. The summed E-state index contributed by atoms with van der Waals surface area (Å²) in [6, 6.07) is 1.99. The Morgan fingerprint density at radius 1 is 1.36 bits per heavy atom. The summed E-state index contributed by atoms with van der Waals surface area (Å²) in [5.41, 5.74) is 0.482. The Kier molecular flexibility index (Phi) is 6.06. The summed E-state index contributed by atoms with van der Waals surface area (Å²) in [5, 5.41) is 10.5. The molecule has 1 amide bonds. The summed E-state index contributed by atoms with van der Waals surface area (Å²) in [5.74, 6) is 1.67. The zero-order valence-corrected chi connectivity index (χ0v) is 15.7. The molecule has 0 bridgehead atoms. The standard InChI is InChI=1S/C17H28N6O2/c1-6-23-14(12-13(2)21-23)20-15-18-9-11-22(15)10-7-8-19-16(24)25-17(3,4)5/h9,11-12H,6-8,10H2,1-5H3,(H,18,20)(H,19,24). The molecule has 0 aliphatic carbocycles. The zero-order chi connectivity index (χ0) is 18.4. The molecule has 2 N–H and O–H groups in total. The Morgan fingerprint density at radius 3 is 2.80 bits per heavy atom. The lowest BCUT2D eigenvalue weighted by molar-refractivity contribution is 0.0526. The second-order valence-corrected chi connectivity index (χ2v) is 6.84. The van der Waals surface area contributed by atoms with E-state index in [0.29, 0.717) is 6.54 Å². The van der Waals surface area contributed by atoms with E-state index in [0.717, 1.165) is 37.0 Å². The van der Waals surface area contributed by atoms with Crippen molar-refractivity contribution in [2.75, 3.05) is 11.9 Å². The van der Waals surface area contributed by atoms with Gasteiger partial charge in [0.2, 0.25) is 5.95 Å². The van der Waals surface area contributed by atoms with Crippen molar-refractivity contribution < 1.29 is 9.53 Å². The molecule has 0 spiro atoms. The van der Waals surface area contributed by atoms with Crippen molar-refractivity contribution in [3.05, 3.63) is 24.2 Å². The molecule has 138 valence electrons. The van der Waals surface area contributed by atoms with Gasteiger partial charge in [-0.2, -0.15) is 5.10 Å². The van der Waals surface area contributed by atoms with Crippen LogP contribution in [0.3, 0.4) is 0 Å². The number of ether oxygens (including phenoxy) is 1. The van der Waals surface area contributed by atoms with Crippen LogP contribution in [-0.4, -0.2) is 37.6 Å². The van der Waals surface area contributed by atoms with Crippen LogP contribution < -0.4 is 10.6 Å². The van der Waals surface area contributed by atoms with Crippen molar-refractivity contribution in [2.45, 2.75) is 59.7 Å². The molecule has 2 aromatic heterocycles. The first kappa shape index (κ1) is 18.8. The van der Waals surface area contributed by atoms with Gasteiger partial charge in [-0.25, -0.2) is 14.5 Å². The SMILES string of the molecule is CCn1nc(C)cc1Nc1nccn1CCCNC(=O)OC(C)(C)C. The van der Waals surface area contributed by atoms with E-state index in [2.05, 4.69) is 20.7 Å². The van der Waals surface area contributed by atoms with E-state index in [4.69, 9.17) is 4.74 Å². The van der Waals surface area contributed by atoms with Crippen molar-refractivity contribution in [1.29, 1.82) is 0 Å². The van der Waals surface area contributed by atoms with Gasteiger partial charge in [-0.15, -0.1) is 0 Å². The van der Waals surface area contributed by atoms with E-state index in [-0.39, 0.29) is 6.09 Å². The number of carbonyl (C=O) groups is 1. The van der Waals surface area contributed by atoms with E-state index in [1.54, 1.807) is 6.20 Å². The molecule has 2 aromatic rings. The van der Waals surface area contributed by atoms with E-state index < -0.39 is 5.60 Å². The molecule has 2 rings (SSSR count). The summed E-state index contributed by atoms with van der Waals surface area (Å²) in [6.45, 7) is 11.6. The molecule has 0 aliphatic heterocycles. The quantitative estimate of drug-likeness (QED) is 0.751. The molecule has 8 nitrogen and oxygen atoms in total. The fraction of sp³-hybridized carbons (Fsp3) is 0.588. The van der Waals surface area contributed by atoms with Crippen LogP contribution in [0.4, 0.5) is 16.6 Å². The number of nitrogens with one attached hydrogen (secondary N) is 2. The summed E-state index contributed by atoms with van der Waals surface area (Å²) in [7, 11) is 0. The molecule has 0 fully saturated rings. The molecule has 0 radical (unpaired) electrons. The second kappa shape index (κ2) is 8.04. The van der Waals surface area contributed by atoms with Gasteiger partial charge < -0.3 is 19.9 Å². The number of nitrogens with zero attached hydrogens (tertiary/aromatic N) is 4. The Morgan fingerprint density at radius 2 is 2.12 bits per heavy atom. The largest absolute Gasteiger partial charge is 0.444 e. The topological polar surface area (TPSA) is 86.0 Å². The maximum atomic E-state index is 11.6. The summed E-state index contributed by atoms with van der Waals surface area (Å²) >= 11 is 0. The number of carbonyl (C=O) groups excluding carboxylic acids is 1. The van der Waals surface area contributed by atoms with Gasteiger partial charge in [-0.1, -0.05) is 0 Å². The highest BCUT2D eigenvalue weighted by molar-refractivity contribution is 5.67. The first-order chi connectivity index (χ1) is 11.8. The van der Waals surface area contributed by atoms with E-state index in [9.17, 15) is 4.79 Å². The number of hydrogen-bond acceptors (Lipinski definition) is 5. The lowest BCUT2D eigenvalue weighted by Gasteiger charge is -2.19. The van der Waals surface area contributed by atoms with E-state index >= 15 is 0 Å². The smallest absolute Gasteiger partial charge is 0.407 e. The number of anilines is 2. The summed E-state index contributed by atoms with van der Waals surface area (Å²) in [4.78, 5) is 16.0. The third-order valence-corrected chi connectivity index (χ3v) is 3.40. The molecule has 0 aromatic carbocycles.